The van der Waals surface area contributed by atoms with Crippen molar-refractivity contribution in [2.75, 3.05) is 7.11 Å². The van der Waals surface area contributed by atoms with E-state index in [1.807, 2.05) is 37.3 Å². The number of nitrogens with zero attached hydrogens (tertiary/aromatic N) is 2. The van der Waals surface area contributed by atoms with Gasteiger partial charge in [-0.05, 0) is 42.2 Å². The minimum absolute atomic E-state index is 0.0565. The molecule has 1 amide bonds. The van der Waals surface area contributed by atoms with Crippen LogP contribution >= 0.6 is 11.8 Å². The molecule has 1 atom stereocenters. The van der Waals surface area contributed by atoms with E-state index >= 15 is 0 Å². The first-order valence-corrected chi connectivity index (χ1v) is 9.84. The highest BCUT2D eigenvalue weighted by Gasteiger charge is 2.21. The minimum atomic E-state index is -0.301. The molecular formula is C21H25N3O2S. The van der Waals surface area contributed by atoms with Crippen molar-refractivity contribution in [3.05, 3.63) is 53.2 Å². The number of aromatic nitrogens is 1. The molecule has 0 radical (unpaired) electrons. The molecule has 6 heteroatoms. The quantitative estimate of drug-likeness (QED) is 0.689. The lowest BCUT2D eigenvalue weighted by molar-refractivity contribution is -0.120. The lowest BCUT2D eigenvalue weighted by Gasteiger charge is -2.16. The molecule has 5 nitrogen and oxygen atoms in total. The summed E-state index contributed by atoms with van der Waals surface area (Å²) >= 11 is 1.36. The van der Waals surface area contributed by atoms with Gasteiger partial charge in [0, 0.05) is 12.2 Å². The maximum absolute atomic E-state index is 12.6. The first-order valence-electron chi connectivity index (χ1n) is 8.96. The second kappa shape index (κ2) is 9.98. The van der Waals surface area contributed by atoms with Crippen LogP contribution in [0.25, 0.3) is 0 Å². The van der Waals surface area contributed by atoms with Crippen LogP contribution in [0.15, 0.2) is 41.4 Å². The Balaban J connectivity index is 2.06. The van der Waals surface area contributed by atoms with Gasteiger partial charge in [-0.15, -0.1) is 0 Å². The van der Waals surface area contributed by atoms with Crippen molar-refractivity contribution in [3.8, 4) is 11.8 Å². The molecule has 2 aromatic rings. The molecule has 1 unspecified atom stereocenters. The number of nitrogens with one attached hydrogen (secondary N) is 1. The van der Waals surface area contributed by atoms with Crippen LogP contribution < -0.4 is 10.1 Å². The van der Waals surface area contributed by atoms with Crippen molar-refractivity contribution in [1.29, 1.82) is 5.26 Å². The smallest absolute Gasteiger partial charge is 0.233 e. The topological polar surface area (TPSA) is 75.0 Å². The van der Waals surface area contributed by atoms with Crippen molar-refractivity contribution in [1.82, 2.24) is 10.3 Å². The van der Waals surface area contributed by atoms with Gasteiger partial charge in [-0.1, -0.05) is 44.7 Å². The summed E-state index contributed by atoms with van der Waals surface area (Å²) in [7, 11) is 1.62. The zero-order chi connectivity index (χ0) is 19.8. The molecule has 1 heterocycles. The lowest BCUT2D eigenvalue weighted by Crippen LogP contribution is -2.32. The molecule has 0 saturated heterocycles. The van der Waals surface area contributed by atoms with Gasteiger partial charge in [0.1, 0.15) is 16.8 Å². The van der Waals surface area contributed by atoms with Gasteiger partial charge in [0.25, 0.3) is 0 Å². The van der Waals surface area contributed by atoms with Crippen LogP contribution in [0.3, 0.4) is 0 Å². The molecule has 27 heavy (non-hydrogen) atoms. The normalized spacial score (nSPS) is 11.7. The molecule has 0 saturated carbocycles. The van der Waals surface area contributed by atoms with E-state index in [9.17, 15) is 10.1 Å². The van der Waals surface area contributed by atoms with E-state index in [2.05, 4.69) is 30.2 Å². The summed E-state index contributed by atoms with van der Waals surface area (Å²) in [6.07, 6.45) is 0.650. The number of amides is 1. The number of hydrogen-bond acceptors (Lipinski definition) is 5. The zero-order valence-corrected chi connectivity index (χ0v) is 17.0. The second-order valence-corrected chi connectivity index (χ2v) is 7.63. The maximum Gasteiger partial charge on any atom is 0.233 e. The number of benzene rings is 1. The number of rotatable bonds is 8. The predicted octanol–water partition coefficient (Wildman–Crippen LogP) is 4.27. The molecule has 2 rings (SSSR count). The van der Waals surface area contributed by atoms with Gasteiger partial charge < -0.3 is 10.1 Å². The summed E-state index contributed by atoms with van der Waals surface area (Å²) in [5.41, 5.74) is 2.43. The molecule has 1 aromatic carbocycles. The monoisotopic (exact) mass is 383 g/mol. The summed E-state index contributed by atoms with van der Waals surface area (Å²) in [5.74, 6) is 0.993. The Kier molecular flexibility index (Phi) is 7.68. The van der Waals surface area contributed by atoms with Gasteiger partial charge in [0.2, 0.25) is 5.91 Å². The Bertz CT molecular complexity index is 813. The van der Waals surface area contributed by atoms with E-state index in [-0.39, 0.29) is 17.1 Å². The van der Waals surface area contributed by atoms with Gasteiger partial charge in [-0.25, -0.2) is 4.98 Å². The van der Waals surface area contributed by atoms with Gasteiger partial charge >= 0.3 is 0 Å². The van der Waals surface area contributed by atoms with Crippen molar-refractivity contribution in [2.24, 2.45) is 0 Å². The molecule has 0 aliphatic rings. The molecular weight excluding hydrogens is 358 g/mol. The molecule has 0 fully saturated rings. The Morgan fingerprint density at radius 1 is 1.26 bits per heavy atom. The van der Waals surface area contributed by atoms with Crippen LogP contribution in [0.2, 0.25) is 0 Å². The molecule has 1 aromatic heterocycles. The summed E-state index contributed by atoms with van der Waals surface area (Å²) in [6.45, 7) is 6.52. The number of thioether (sulfide) groups is 1. The van der Waals surface area contributed by atoms with Crippen LogP contribution in [-0.4, -0.2) is 23.3 Å². The molecule has 0 aliphatic heterocycles. The second-order valence-electron chi connectivity index (χ2n) is 6.44. The lowest BCUT2D eigenvalue weighted by atomic mass is 10.1. The average molecular weight is 384 g/mol. The SMILES string of the molecule is CCC(Sc1nc(C(C)C)ccc1C#N)C(=O)NCc1ccc(OC)cc1. The van der Waals surface area contributed by atoms with Crippen molar-refractivity contribution in [3.63, 3.8) is 0 Å². The third-order valence-electron chi connectivity index (χ3n) is 4.14. The van der Waals surface area contributed by atoms with Crippen LogP contribution in [-0.2, 0) is 11.3 Å². The van der Waals surface area contributed by atoms with Crippen LogP contribution in [0, 0.1) is 11.3 Å². The summed E-state index contributed by atoms with van der Waals surface area (Å²) in [6, 6.07) is 13.4. The van der Waals surface area contributed by atoms with E-state index in [0.717, 1.165) is 17.0 Å². The summed E-state index contributed by atoms with van der Waals surface area (Å²) < 4.78 is 5.14. The summed E-state index contributed by atoms with van der Waals surface area (Å²) in [5, 5.41) is 12.6. The fourth-order valence-electron chi connectivity index (χ4n) is 2.45. The van der Waals surface area contributed by atoms with E-state index in [0.29, 0.717) is 23.6 Å². The van der Waals surface area contributed by atoms with Crippen LogP contribution in [0.1, 0.15) is 49.9 Å². The van der Waals surface area contributed by atoms with E-state index in [1.54, 1.807) is 13.2 Å². The molecule has 0 spiro atoms. The van der Waals surface area contributed by atoms with Gasteiger partial charge in [0.05, 0.1) is 17.9 Å². The number of hydrogen-bond donors (Lipinski definition) is 1. The van der Waals surface area contributed by atoms with Crippen molar-refractivity contribution >= 4 is 17.7 Å². The highest BCUT2D eigenvalue weighted by atomic mass is 32.2. The highest BCUT2D eigenvalue weighted by Crippen LogP contribution is 2.28. The van der Waals surface area contributed by atoms with E-state index in [1.165, 1.54) is 11.8 Å². The third-order valence-corrected chi connectivity index (χ3v) is 5.50. The fraction of sp³-hybridized carbons (Fsp3) is 0.381. The molecule has 0 aliphatic carbocycles. The molecule has 0 bridgehead atoms. The van der Waals surface area contributed by atoms with Crippen molar-refractivity contribution < 1.29 is 9.53 Å². The molecule has 142 valence electrons. The van der Waals surface area contributed by atoms with Crippen LogP contribution in [0.4, 0.5) is 0 Å². The number of pyridine rings is 1. The Hall–Kier alpha value is -2.52. The largest absolute Gasteiger partial charge is 0.497 e. The minimum Gasteiger partial charge on any atom is -0.497 e. The highest BCUT2D eigenvalue weighted by molar-refractivity contribution is 8.00. The third kappa shape index (κ3) is 5.73. The van der Waals surface area contributed by atoms with Crippen LogP contribution in [0.5, 0.6) is 5.75 Å². The average Bonchev–Trinajstić information content (AvgIpc) is 2.70. The standard InChI is InChI=1S/C21H25N3O2S/c1-5-19(20(25)23-13-15-6-9-17(26-4)10-7-15)27-21-16(12-22)8-11-18(24-21)14(2)3/h6-11,14,19H,5,13H2,1-4H3,(H,23,25). The van der Waals surface area contributed by atoms with Gasteiger partial charge in [-0.2, -0.15) is 5.26 Å². The first-order chi connectivity index (χ1) is 13.0. The molecule has 1 N–H and O–H groups in total. The predicted molar refractivity (Wildman–Crippen MR) is 108 cm³/mol. The number of carbonyl (C=O) groups is 1. The number of methoxy groups -OCH3 is 1. The van der Waals surface area contributed by atoms with Gasteiger partial charge in [0.15, 0.2) is 0 Å². The number of ether oxygens (including phenoxy) is 1. The summed E-state index contributed by atoms with van der Waals surface area (Å²) in [4.78, 5) is 17.2. The fourth-order valence-corrected chi connectivity index (χ4v) is 3.48. The maximum atomic E-state index is 12.6. The number of nitriles is 1. The Labute approximate surface area is 165 Å². The number of carbonyl (C=O) groups excluding carboxylic acids is 1. The van der Waals surface area contributed by atoms with Crippen molar-refractivity contribution in [2.45, 2.75) is 49.9 Å². The zero-order valence-electron chi connectivity index (χ0n) is 16.2. The Morgan fingerprint density at radius 3 is 2.52 bits per heavy atom. The first kappa shape index (κ1) is 20.8. The van der Waals surface area contributed by atoms with E-state index < -0.39 is 0 Å². The van der Waals surface area contributed by atoms with Gasteiger partial charge in [-0.3, -0.25) is 4.79 Å². The Morgan fingerprint density at radius 2 is 1.96 bits per heavy atom. The van der Waals surface area contributed by atoms with E-state index in [4.69, 9.17) is 4.74 Å².